The number of benzene rings is 2. The quantitative estimate of drug-likeness (QED) is 0.703. The lowest BCUT2D eigenvalue weighted by Gasteiger charge is -2.23. The van der Waals surface area contributed by atoms with E-state index >= 15 is 0 Å². The number of sulfonamides is 1. The number of carbonyl (C=O) groups excluding carboxylic acids is 1. The second-order valence-corrected chi connectivity index (χ2v) is 8.76. The van der Waals surface area contributed by atoms with Crippen LogP contribution in [0.15, 0.2) is 48.5 Å². The molecule has 8 heteroatoms. The Morgan fingerprint density at radius 2 is 1.63 bits per heavy atom. The first-order valence-corrected chi connectivity index (χ1v) is 10.5. The van der Waals surface area contributed by atoms with E-state index in [0.29, 0.717) is 23.0 Å². The van der Waals surface area contributed by atoms with Gasteiger partial charge in [0.05, 0.1) is 11.9 Å². The van der Waals surface area contributed by atoms with Crippen LogP contribution in [0.25, 0.3) is 0 Å². The summed E-state index contributed by atoms with van der Waals surface area (Å²) in [5.41, 5.74) is 1.49. The molecule has 1 unspecified atom stereocenters. The van der Waals surface area contributed by atoms with Gasteiger partial charge in [-0.25, -0.2) is 8.42 Å². The van der Waals surface area contributed by atoms with E-state index in [-0.39, 0.29) is 5.91 Å². The predicted molar refractivity (Wildman–Crippen MR) is 108 cm³/mol. The number of hydrogen-bond acceptors (Lipinski definition) is 4. The molecule has 146 valence electrons. The Labute approximate surface area is 165 Å². The van der Waals surface area contributed by atoms with Gasteiger partial charge in [-0.1, -0.05) is 23.7 Å². The highest BCUT2D eigenvalue weighted by molar-refractivity contribution is 7.92. The van der Waals surface area contributed by atoms with Crippen molar-refractivity contribution in [2.75, 3.05) is 24.7 Å². The fourth-order valence-electron chi connectivity index (χ4n) is 2.43. The van der Waals surface area contributed by atoms with Crippen molar-refractivity contribution in [1.82, 2.24) is 4.90 Å². The molecule has 1 atom stereocenters. The van der Waals surface area contributed by atoms with Gasteiger partial charge in [0.1, 0.15) is 5.75 Å². The van der Waals surface area contributed by atoms with Gasteiger partial charge in [-0.3, -0.25) is 9.10 Å². The standard InChI is InChI=1S/C19H23ClN2O4S/c1-14(19(23)21(2)13-15-5-7-16(20)8-6-15)26-18-11-9-17(10-12-18)22(3)27(4,24)25/h5-12,14H,13H2,1-4H3. The molecule has 0 saturated carbocycles. The molecule has 0 aromatic heterocycles. The van der Waals surface area contributed by atoms with Crippen LogP contribution in [0.2, 0.25) is 5.02 Å². The Bertz CT molecular complexity index is 883. The summed E-state index contributed by atoms with van der Waals surface area (Å²) >= 11 is 5.87. The van der Waals surface area contributed by atoms with Crippen LogP contribution in [0, 0.1) is 0 Å². The van der Waals surface area contributed by atoms with E-state index in [2.05, 4.69) is 0 Å². The molecule has 2 rings (SSSR count). The Morgan fingerprint density at radius 3 is 2.15 bits per heavy atom. The van der Waals surface area contributed by atoms with E-state index in [9.17, 15) is 13.2 Å². The first kappa shape index (κ1) is 21.1. The summed E-state index contributed by atoms with van der Waals surface area (Å²) in [5, 5.41) is 0.648. The summed E-state index contributed by atoms with van der Waals surface area (Å²) in [6.45, 7) is 2.12. The van der Waals surface area contributed by atoms with Crippen LogP contribution in [-0.4, -0.2) is 45.7 Å². The molecular formula is C19H23ClN2O4S. The smallest absolute Gasteiger partial charge is 0.263 e. The van der Waals surface area contributed by atoms with Crippen molar-refractivity contribution >= 4 is 33.2 Å². The van der Waals surface area contributed by atoms with Crippen LogP contribution in [-0.2, 0) is 21.4 Å². The predicted octanol–water partition coefficient (Wildman–Crippen LogP) is 3.16. The van der Waals surface area contributed by atoms with E-state index in [4.69, 9.17) is 16.3 Å². The maximum atomic E-state index is 12.5. The molecule has 0 aliphatic carbocycles. The van der Waals surface area contributed by atoms with Crippen LogP contribution >= 0.6 is 11.6 Å². The summed E-state index contributed by atoms with van der Waals surface area (Å²) in [5.74, 6) is 0.323. The summed E-state index contributed by atoms with van der Waals surface area (Å²) in [7, 11) is -0.141. The highest BCUT2D eigenvalue weighted by atomic mass is 35.5. The maximum absolute atomic E-state index is 12.5. The molecule has 1 amide bonds. The minimum Gasteiger partial charge on any atom is -0.481 e. The van der Waals surface area contributed by atoms with E-state index in [1.54, 1.807) is 55.3 Å². The molecule has 0 aliphatic heterocycles. The second kappa shape index (κ2) is 8.63. The zero-order chi connectivity index (χ0) is 20.2. The maximum Gasteiger partial charge on any atom is 0.263 e. The van der Waals surface area contributed by atoms with Gasteiger partial charge in [-0.05, 0) is 48.9 Å². The number of rotatable bonds is 7. The normalized spacial score (nSPS) is 12.3. The summed E-state index contributed by atoms with van der Waals surface area (Å²) in [4.78, 5) is 14.1. The molecular weight excluding hydrogens is 388 g/mol. The highest BCUT2D eigenvalue weighted by Gasteiger charge is 2.20. The van der Waals surface area contributed by atoms with Gasteiger partial charge in [0.25, 0.3) is 5.91 Å². The number of hydrogen-bond donors (Lipinski definition) is 0. The minimum absolute atomic E-state index is 0.165. The van der Waals surface area contributed by atoms with Gasteiger partial charge in [0.2, 0.25) is 10.0 Å². The first-order valence-electron chi connectivity index (χ1n) is 8.28. The third-order valence-corrected chi connectivity index (χ3v) is 5.53. The highest BCUT2D eigenvalue weighted by Crippen LogP contribution is 2.21. The number of nitrogens with zero attached hydrogens (tertiary/aromatic N) is 2. The largest absolute Gasteiger partial charge is 0.481 e. The van der Waals surface area contributed by atoms with Gasteiger partial charge >= 0.3 is 0 Å². The van der Waals surface area contributed by atoms with Crippen LogP contribution < -0.4 is 9.04 Å². The monoisotopic (exact) mass is 410 g/mol. The summed E-state index contributed by atoms with van der Waals surface area (Å²) in [6.07, 6.45) is 0.454. The third-order valence-electron chi connectivity index (χ3n) is 4.07. The average Bonchev–Trinajstić information content (AvgIpc) is 2.62. The number of carbonyl (C=O) groups is 1. The first-order chi connectivity index (χ1) is 12.6. The number of ether oxygens (including phenoxy) is 1. The Hall–Kier alpha value is -2.25. The molecule has 0 radical (unpaired) electrons. The zero-order valence-corrected chi connectivity index (χ0v) is 17.3. The van der Waals surface area contributed by atoms with Gasteiger partial charge in [0.15, 0.2) is 6.10 Å². The van der Waals surface area contributed by atoms with Gasteiger partial charge < -0.3 is 9.64 Å². The van der Waals surface area contributed by atoms with Gasteiger partial charge in [-0.2, -0.15) is 0 Å². The molecule has 6 nitrogen and oxygen atoms in total. The fourth-order valence-corrected chi connectivity index (χ4v) is 3.06. The molecule has 2 aromatic rings. The van der Waals surface area contributed by atoms with Crippen molar-refractivity contribution < 1.29 is 17.9 Å². The van der Waals surface area contributed by atoms with Crippen molar-refractivity contribution in [3.05, 3.63) is 59.1 Å². The Kier molecular flexibility index (Phi) is 6.73. The van der Waals surface area contributed by atoms with Crippen molar-refractivity contribution in [3.63, 3.8) is 0 Å². The lowest BCUT2D eigenvalue weighted by Crippen LogP contribution is -2.37. The van der Waals surface area contributed by atoms with E-state index in [0.717, 1.165) is 11.8 Å². The summed E-state index contributed by atoms with van der Waals surface area (Å²) < 4.78 is 30.0. The lowest BCUT2D eigenvalue weighted by molar-refractivity contribution is -0.137. The molecule has 0 bridgehead atoms. The van der Waals surface area contributed by atoms with Crippen molar-refractivity contribution in [3.8, 4) is 5.75 Å². The number of amides is 1. The third kappa shape index (κ3) is 5.87. The molecule has 2 aromatic carbocycles. The Morgan fingerprint density at radius 1 is 1.07 bits per heavy atom. The minimum atomic E-state index is -3.33. The fraction of sp³-hybridized carbons (Fsp3) is 0.316. The molecule has 0 heterocycles. The average molecular weight is 411 g/mol. The molecule has 0 fully saturated rings. The SMILES string of the molecule is CC(Oc1ccc(N(C)S(C)(=O)=O)cc1)C(=O)N(C)Cc1ccc(Cl)cc1. The Balaban J connectivity index is 1.98. The number of anilines is 1. The van der Waals surface area contributed by atoms with Crippen molar-refractivity contribution in [2.24, 2.45) is 0 Å². The lowest BCUT2D eigenvalue weighted by atomic mass is 10.2. The van der Waals surface area contributed by atoms with Crippen LogP contribution in [0.4, 0.5) is 5.69 Å². The van der Waals surface area contributed by atoms with E-state index < -0.39 is 16.1 Å². The molecule has 0 saturated heterocycles. The van der Waals surface area contributed by atoms with Crippen LogP contribution in [0.3, 0.4) is 0 Å². The number of likely N-dealkylation sites (N-methyl/N-ethyl adjacent to an activating group) is 1. The second-order valence-electron chi connectivity index (χ2n) is 6.31. The topological polar surface area (TPSA) is 66.9 Å². The van der Waals surface area contributed by atoms with Crippen LogP contribution in [0.5, 0.6) is 5.75 Å². The van der Waals surface area contributed by atoms with Crippen LogP contribution in [0.1, 0.15) is 12.5 Å². The molecule has 0 aliphatic rings. The molecule has 27 heavy (non-hydrogen) atoms. The van der Waals surface area contributed by atoms with Crippen molar-refractivity contribution in [2.45, 2.75) is 19.6 Å². The summed E-state index contributed by atoms with van der Waals surface area (Å²) in [6, 6.07) is 13.8. The van der Waals surface area contributed by atoms with Gasteiger partial charge in [0, 0.05) is 25.7 Å². The van der Waals surface area contributed by atoms with Crippen molar-refractivity contribution in [1.29, 1.82) is 0 Å². The number of halogens is 1. The molecule has 0 spiro atoms. The zero-order valence-electron chi connectivity index (χ0n) is 15.7. The van der Waals surface area contributed by atoms with Gasteiger partial charge in [-0.15, -0.1) is 0 Å². The van der Waals surface area contributed by atoms with E-state index in [1.807, 2.05) is 12.1 Å². The van der Waals surface area contributed by atoms with E-state index in [1.165, 1.54) is 11.4 Å². The molecule has 0 N–H and O–H groups in total.